The average molecular weight is 425 g/mol. The minimum Gasteiger partial charge on any atom is -0.366 e. The predicted molar refractivity (Wildman–Crippen MR) is 103 cm³/mol. The molecule has 164 valence electrons. The molecule has 2 atom stereocenters. The van der Waals surface area contributed by atoms with Crippen molar-refractivity contribution in [1.82, 2.24) is 15.1 Å². The van der Waals surface area contributed by atoms with E-state index in [1.807, 2.05) is 4.90 Å². The van der Waals surface area contributed by atoms with E-state index in [-0.39, 0.29) is 30.7 Å². The molecule has 0 saturated carbocycles. The van der Waals surface area contributed by atoms with Crippen LogP contribution in [0.15, 0.2) is 24.3 Å². The molecule has 3 heterocycles. The molecule has 30 heavy (non-hydrogen) atoms. The molecule has 1 aromatic carbocycles. The van der Waals surface area contributed by atoms with E-state index in [1.165, 1.54) is 0 Å². The largest absolute Gasteiger partial charge is 0.416 e. The number of ether oxygens (including phenoxy) is 1. The maximum absolute atomic E-state index is 12.9. The van der Waals surface area contributed by atoms with Gasteiger partial charge in [-0.15, -0.1) is 0 Å². The molecule has 9 heteroatoms. The Morgan fingerprint density at radius 1 is 1.07 bits per heavy atom. The van der Waals surface area contributed by atoms with E-state index in [1.54, 1.807) is 17.0 Å². The summed E-state index contributed by atoms with van der Waals surface area (Å²) in [5, 5.41) is 2.91. The summed E-state index contributed by atoms with van der Waals surface area (Å²) >= 11 is 0. The maximum Gasteiger partial charge on any atom is 0.416 e. The first-order valence-electron chi connectivity index (χ1n) is 10.4. The molecule has 0 aliphatic carbocycles. The summed E-state index contributed by atoms with van der Waals surface area (Å²) in [5.41, 5.74) is 0.262. The first kappa shape index (κ1) is 21.0. The van der Waals surface area contributed by atoms with E-state index < -0.39 is 11.7 Å². The van der Waals surface area contributed by atoms with Gasteiger partial charge in [-0.25, -0.2) is 4.79 Å². The molecule has 0 bridgehead atoms. The van der Waals surface area contributed by atoms with Gasteiger partial charge in [-0.3, -0.25) is 4.79 Å². The highest BCUT2D eigenvalue weighted by Crippen LogP contribution is 2.30. The van der Waals surface area contributed by atoms with Gasteiger partial charge in [0.15, 0.2) is 0 Å². The van der Waals surface area contributed by atoms with Crippen LogP contribution in [0, 0.1) is 5.92 Å². The van der Waals surface area contributed by atoms with Crippen LogP contribution >= 0.6 is 0 Å². The number of benzene rings is 1. The van der Waals surface area contributed by atoms with Crippen LogP contribution in [0.2, 0.25) is 0 Å². The summed E-state index contributed by atoms with van der Waals surface area (Å²) < 4.78 is 43.6. The molecule has 6 nitrogen and oxygen atoms in total. The summed E-state index contributed by atoms with van der Waals surface area (Å²) in [7, 11) is 0. The van der Waals surface area contributed by atoms with Crippen LogP contribution < -0.4 is 5.32 Å². The number of nitrogens with zero attached hydrogens (tertiary/aromatic N) is 2. The van der Waals surface area contributed by atoms with E-state index >= 15 is 0 Å². The van der Waals surface area contributed by atoms with E-state index in [0.29, 0.717) is 38.5 Å². The van der Waals surface area contributed by atoms with Gasteiger partial charge in [-0.05, 0) is 49.3 Å². The second-order valence-corrected chi connectivity index (χ2v) is 8.37. The van der Waals surface area contributed by atoms with Crippen molar-refractivity contribution in [2.24, 2.45) is 5.92 Å². The Labute approximate surface area is 173 Å². The van der Waals surface area contributed by atoms with Gasteiger partial charge in [0.2, 0.25) is 5.91 Å². The summed E-state index contributed by atoms with van der Waals surface area (Å²) in [5.74, 6) is 0.206. The zero-order valence-corrected chi connectivity index (χ0v) is 16.7. The first-order valence-corrected chi connectivity index (χ1v) is 10.4. The molecule has 3 aliphatic heterocycles. The molecular weight excluding hydrogens is 399 g/mol. The number of fused-ring (bicyclic) bond motifs is 1. The highest BCUT2D eigenvalue weighted by molar-refractivity contribution is 5.79. The molecule has 3 aliphatic rings. The molecule has 4 rings (SSSR count). The quantitative estimate of drug-likeness (QED) is 0.793. The predicted octanol–water partition coefficient (Wildman–Crippen LogP) is 2.67. The summed E-state index contributed by atoms with van der Waals surface area (Å²) in [6.45, 7) is 2.43. The van der Waals surface area contributed by atoms with E-state index in [9.17, 15) is 22.8 Å². The number of nitrogens with one attached hydrogen (secondary N) is 1. The topological polar surface area (TPSA) is 61.9 Å². The number of hydrogen-bond acceptors (Lipinski definition) is 3. The van der Waals surface area contributed by atoms with Crippen molar-refractivity contribution in [2.45, 2.75) is 44.0 Å². The second-order valence-electron chi connectivity index (χ2n) is 8.37. The molecule has 0 spiro atoms. The summed E-state index contributed by atoms with van der Waals surface area (Å²) in [4.78, 5) is 28.1. The van der Waals surface area contributed by atoms with Crippen LogP contribution in [0.3, 0.4) is 0 Å². The molecule has 0 aromatic heterocycles. The maximum atomic E-state index is 12.9. The minimum atomic E-state index is -4.31. The molecular formula is C21H26F3N3O3. The Bertz CT molecular complexity index is 776. The smallest absolute Gasteiger partial charge is 0.366 e. The van der Waals surface area contributed by atoms with Crippen molar-refractivity contribution >= 4 is 11.9 Å². The highest BCUT2D eigenvalue weighted by atomic mass is 19.4. The lowest BCUT2D eigenvalue weighted by Gasteiger charge is -2.43. The third-order valence-corrected chi connectivity index (χ3v) is 6.29. The van der Waals surface area contributed by atoms with Crippen molar-refractivity contribution in [1.29, 1.82) is 0 Å². The van der Waals surface area contributed by atoms with Crippen molar-refractivity contribution in [3.8, 4) is 0 Å². The third-order valence-electron chi connectivity index (χ3n) is 6.29. The van der Waals surface area contributed by atoms with Crippen molar-refractivity contribution in [3.63, 3.8) is 0 Å². The molecule has 1 N–H and O–H groups in total. The van der Waals surface area contributed by atoms with Gasteiger partial charge in [0.05, 0.1) is 17.7 Å². The van der Waals surface area contributed by atoms with Gasteiger partial charge in [-0.2, -0.15) is 13.2 Å². The third kappa shape index (κ3) is 4.71. The first-order chi connectivity index (χ1) is 14.3. The number of likely N-dealkylation sites (tertiary alicyclic amines) is 2. The number of amides is 3. The number of alkyl halides is 3. The Kier molecular flexibility index (Phi) is 5.90. The zero-order chi connectivity index (χ0) is 21.3. The molecule has 3 amide bonds. The molecule has 1 aromatic rings. The van der Waals surface area contributed by atoms with Crippen LogP contribution in [0.5, 0.6) is 0 Å². The van der Waals surface area contributed by atoms with Crippen LogP contribution in [0.1, 0.15) is 30.4 Å². The van der Waals surface area contributed by atoms with Gasteiger partial charge in [0.1, 0.15) is 6.61 Å². The van der Waals surface area contributed by atoms with Crippen molar-refractivity contribution in [2.75, 3.05) is 32.8 Å². The lowest BCUT2D eigenvalue weighted by Crippen LogP contribution is -2.62. The van der Waals surface area contributed by atoms with Crippen molar-refractivity contribution < 1.29 is 27.5 Å². The number of carbonyl (C=O) groups excluding carboxylic acids is 2. The SMILES string of the molecule is O=C1CO[C@@H]2CCN(C(=O)N3CCC(Cc4ccc(C(F)(F)F)cc4)CC3)C[C@@H]2N1. The summed E-state index contributed by atoms with van der Waals surface area (Å²) in [6, 6.07) is 5.19. The number of carbonyl (C=O) groups is 2. The number of urea groups is 1. The van der Waals surface area contributed by atoms with Crippen LogP contribution in [-0.4, -0.2) is 66.7 Å². The van der Waals surface area contributed by atoms with E-state index in [0.717, 1.165) is 37.0 Å². The Morgan fingerprint density at radius 3 is 2.40 bits per heavy atom. The van der Waals surface area contributed by atoms with Crippen LogP contribution in [-0.2, 0) is 22.1 Å². The molecule has 0 radical (unpaired) electrons. The van der Waals surface area contributed by atoms with E-state index in [4.69, 9.17) is 4.74 Å². The summed E-state index contributed by atoms with van der Waals surface area (Å²) in [6.07, 6.45) is -1.26. The van der Waals surface area contributed by atoms with Crippen LogP contribution in [0.4, 0.5) is 18.0 Å². The lowest BCUT2D eigenvalue weighted by molar-refractivity contribution is -0.140. The second kappa shape index (κ2) is 8.45. The Balaban J connectivity index is 1.26. The fourth-order valence-corrected chi connectivity index (χ4v) is 4.57. The zero-order valence-electron chi connectivity index (χ0n) is 16.7. The molecule has 3 fully saturated rings. The highest BCUT2D eigenvalue weighted by Gasteiger charge is 2.38. The number of hydrogen-bond donors (Lipinski definition) is 1. The number of rotatable bonds is 2. The molecule has 3 saturated heterocycles. The van der Waals surface area contributed by atoms with Gasteiger partial charge in [0, 0.05) is 26.2 Å². The number of piperidine rings is 2. The lowest BCUT2D eigenvalue weighted by atomic mass is 9.90. The van der Waals surface area contributed by atoms with E-state index in [2.05, 4.69) is 5.32 Å². The van der Waals surface area contributed by atoms with Gasteiger partial charge < -0.3 is 19.9 Å². The monoisotopic (exact) mass is 425 g/mol. The van der Waals surface area contributed by atoms with Crippen molar-refractivity contribution in [3.05, 3.63) is 35.4 Å². The van der Waals surface area contributed by atoms with Gasteiger partial charge >= 0.3 is 12.2 Å². The fraction of sp³-hybridized carbons (Fsp3) is 0.619. The Morgan fingerprint density at radius 2 is 1.73 bits per heavy atom. The average Bonchev–Trinajstić information content (AvgIpc) is 2.73. The van der Waals surface area contributed by atoms with Gasteiger partial charge in [-0.1, -0.05) is 12.1 Å². The molecule has 0 unspecified atom stereocenters. The minimum absolute atomic E-state index is 0.0127. The Hall–Kier alpha value is -2.29. The standard InChI is InChI=1S/C21H26F3N3O3/c22-21(23,24)16-3-1-14(2-4-16)11-15-5-8-26(9-6-15)20(29)27-10-7-18-17(12-27)25-19(28)13-30-18/h1-4,15,17-18H,5-13H2,(H,25,28)/t17-,18+/m0/s1. The normalized spacial score (nSPS) is 25.6. The number of morpholine rings is 1. The van der Waals surface area contributed by atoms with Gasteiger partial charge in [0.25, 0.3) is 0 Å². The number of halogens is 3. The van der Waals surface area contributed by atoms with Crippen LogP contribution in [0.25, 0.3) is 0 Å². The fourth-order valence-electron chi connectivity index (χ4n) is 4.57.